The fourth-order valence-corrected chi connectivity index (χ4v) is 4.64. The zero-order valence-corrected chi connectivity index (χ0v) is 24.2. The van der Waals surface area contributed by atoms with Gasteiger partial charge in [0, 0.05) is 29.4 Å². The number of carboxylic acids is 1. The molecule has 1 aliphatic heterocycles. The highest BCUT2D eigenvalue weighted by Gasteiger charge is 2.38. The first-order valence-corrected chi connectivity index (χ1v) is 13.7. The van der Waals surface area contributed by atoms with E-state index in [1.165, 1.54) is 12.3 Å². The van der Waals surface area contributed by atoms with Crippen LogP contribution in [0, 0.1) is 17.6 Å². The van der Waals surface area contributed by atoms with Gasteiger partial charge in [-0.3, -0.25) is 14.6 Å². The summed E-state index contributed by atoms with van der Waals surface area (Å²) in [6, 6.07) is 5.92. The van der Waals surface area contributed by atoms with Gasteiger partial charge in [0.05, 0.1) is 16.3 Å². The second-order valence-corrected chi connectivity index (χ2v) is 10.4. The summed E-state index contributed by atoms with van der Waals surface area (Å²) in [5, 5.41) is 13.4. The number of alkyl halides is 5. The molecule has 3 aromatic heterocycles. The summed E-state index contributed by atoms with van der Waals surface area (Å²) >= 11 is 5.76. The highest BCUT2D eigenvalue weighted by Crippen LogP contribution is 2.37. The Morgan fingerprint density at radius 1 is 1.11 bits per heavy atom. The number of anilines is 1. The average molecular weight is 675 g/mol. The summed E-state index contributed by atoms with van der Waals surface area (Å²) in [7, 11) is 0. The number of aromatic nitrogens is 5. The summed E-state index contributed by atoms with van der Waals surface area (Å²) in [5.41, 5.74) is -1.15. The summed E-state index contributed by atoms with van der Waals surface area (Å²) < 4.78 is 90.4. The first kappa shape index (κ1) is 34.1. The predicted octanol–water partition coefficient (Wildman–Crippen LogP) is 6.42. The topological polar surface area (TPSA) is 132 Å². The smallest absolute Gasteiger partial charge is 0.475 e. The van der Waals surface area contributed by atoms with E-state index < -0.39 is 53.3 Å². The molecule has 46 heavy (non-hydrogen) atoms. The first-order valence-electron chi connectivity index (χ1n) is 13.3. The van der Waals surface area contributed by atoms with Crippen LogP contribution in [0.3, 0.4) is 0 Å². The number of amides is 1. The molecule has 18 heteroatoms. The van der Waals surface area contributed by atoms with Crippen molar-refractivity contribution in [3.8, 4) is 28.3 Å². The number of pyridine rings is 1. The van der Waals surface area contributed by atoms with E-state index >= 15 is 0 Å². The maximum atomic E-state index is 14.5. The van der Waals surface area contributed by atoms with Crippen LogP contribution in [0.5, 0.6) is 0 Å². The largest absolute Gasteiger partial charge is 0.490 e. The number of hydrogen-bond acceptors (Lipinski definition) is 6. The molecule has 0 spiro atoms. The van der Waals surface area contributed by atoms with E-state index in [0.717, 1.165) is 41.9 Å². The molecule has 4 aromatic rings. The second kappa shape index (κ2) is 13.7. The van der Waals surface area contributed by atoms with Gasteiger partial charge in [-0.2, -0.15) is 26.6 Å². The van der Waals surface area contributed by atoms with Crippen molar-refractivity contribution in [2.24, 2.45) is 5.92 Å². The maximum absolute atomic E-state index is 14.5. The molecule has 1 unspecified atom stereocenters. The molecule has 2 N–H and O–H groups in total. The number of carbonyl (C=O) groups excluding carboxylic acids is 1. The minimum atomic E-state index is -5.08. The van der Waals surface area contributed by atoms with Gasteiger partial charge in [0.15, 0.2) is 11.6 Å². The summed E-state index contributed by atoms with van der Waals surface area (Å²) in [6.45, 7) is -1.42. The van der Waals surface area contributed by atoms with Crippen molar-refractivity contribution >= 4 is 29.2 Å². The number of fused-ring (bicyclic) bond motifs is 4. The van der Waals surface area contributed by atoms with Crippen molar-refractivity contribution in [1.29, 1.82) is 0 Å². The lowest BCUT2D eigenvalue weighted by atomic mass is 9.99. The van der Waals surface area contributed by atoms with Crippen molar-refractivity contribution < 1.29 is 45.4 Å². The number of nitrogens with zero attached hydrogens (tertiary/aromatic N) is 5. The van der Waals surface area contributed by atoms with Gasteiger partial charge in [-0.1, -0.05) is 24.9 Å². The van der Waals surface area contributed by atoms with Crippen LogP contribution in [0.2, 0.25) is 5.02 Å². The van der Waals surface area contributed by atoms with Gasteiger partial charge < -0.3 is 10.4 Å². The number of rotatable bonds is 3. The molecule has 0 aliphatic carbocycles. The molecule has 1 aromatic carbocycles. The SMILES string of the molecule is CC1CCCCc2cc(ccn2)-c2c(c(-n3cnc(-c4c(F)ccc(Cl)c4F)cc3=O)nn2C(F)F)NC1=O.O=C(O)C(F)(F)F. The van der Waals surface area contributed by atoms with Crippen LogP contribution < -0.4 is 10.9 Å². The Bertz CT molecular complexity index is 1840. The van der Waals surface area contributed by atoms with E-state index in [2.05, 4.69) is 20.4 Å². The number of aryl methyl sites for hydroxylation is 1. The standard InChI is InChI=1S/C26H21ClF4N6O2.C2HF3O2/c1-13-4-2-3-5-15-10-14(8-9-32-15)23-22(34-25(13)39)24(35-37(23)26(30)31)36-12-33-18(11-19(36)38)20-17(28)7-6-16(27)21(20)29;3-2(4,5)1(6)7/h6-13,26H,2-5H2,1H3,(H,34,39);(H,6,7). The van der Waals surface area contributed by atoms with E-state index in [4.69, 9.17) is 21.5 Å². The van der Waals surface area contributed by atoms with Crippen LogP contribution in [-0.4, -0.2) is 47.5 Å². The second-order valence-electron chi connectivity index (χ2n) is 9.94. The highest BCUT2D eigenvalue weighted by atomic mass is 35.5. The molecule has 5 rings (SSSR count). The van der Waals surface area contributed by atoms with E-state index in [1.807, 2.05) is 0 Å². The normalized spacial score (nSPS) is 15.2. The fraction of sp³-hybridized carbons (Fsp3) is 0.286. The van der Waals surface area contributed by atoms with Gasteiger partial charge in [0.1, 0.15) is 23.5 Å². The molecule has 1 amide bonds. The van der Waals surface area contributed by atoms with Crippen LogP contribution in [0.4, 0.5) is 36.4 Å². The quantitative estimate of drug-likeness (QED) is 0.189. The zero-order valence-electron chi connectivity index (χ0n) is 23.5. The monoisotopic (exact) mass is 674 g/mol. The van der Waals surface area contributed by atoms with Crippen LogP contribution in [0.25, 0.3) is 28.3 Å². The lowest BCUT2D eigenvalue weighted by Gasteiger charge is -2.16. The molecule has 0 saturated carbocycles. The van der Waals surface area contributed by atoms with Gasteiger partial charge in [-0.15, -0.1) is 5.10 Å². The van der Waals surface area contributed by atoms with Gasteiger partial charge in [0.2, 0.25) is 5.91 Å². The van der Waals surface area contributed by atoms with Crippen LogP contribution >= 0.6 is 11.6 Å². The molecule has 4 heterocycles. The first-order chi connectivity index (χ1) is 21.6. The number of benzene rings is 1. The van der Waals surface area contributed by atoms with E-state index in [9.17, 15) is 40.3 Å². The minimum Gasteiger partial charge on any atom is -0.475 e. The summed E-state index contributed by atoms with van der Waals surface area (Å²) in [5.74, 6) is -6.10. The molecule has 10 nitrogen and oxygen atoms in total. The molecular weight excluding hydrogens is 653 g/mol. The van der Waals surface area contributed by atoms with Crippen LogP contribution in [-0.2, 0) is 16.0 Å². The molecule has 1 atom stereocenters. The van der Waals surface area contributed by atoms with Gasteiger partial charge in [-0.25, -0.2) is 23.1 Å². The third kappa shape index (κ3) is 7.35. The number of carbonyl (C=O) groups is 2. The lowest BCUT2D eigenvalue weighted by molar-refractivity contribution is -0.192. The molecule has 0 saturated heterocycles. The van der Waals surface area contributed by atoms with E-state index in [-0.39, 0.29) is 27.9 Å². The molecule has 1 aliphatic rings. The number of halogens is 8. The fourth-order valence-electron chi connectivity index (χ4n) is 4.48. The molecule has 2 bridgehead atoms. The number of carboxylic acid groups (broad SMARTS) is 1. The Morgan fingerprint density at radius 3 is 2.43 bits per heavy atom. The molecule has 0 radical (unpaired) electrons. The molecular formula is C28H22ClF7N6O4. The third-order valence-corrected chi connectivity index (χ3v) is 7.06. The van der Waals surface area contributed by atoms with Crippen molar-refractivity contribution in [1.82, 2.24) is 24.3 Å². The minimum absolute atomic E-state index is 0.132. The number of hydrogen-bond donors (Lipinski definition) is 2. The Kier molecular flexibility index (Phi) is 10.1. The summed E-state index contributed by atoms with van der Waals surface area (Å²) in [6.07, 6.45) is -0.0520. The number of nitrogens with one attached hydrogen (secondary N) is 1. The Hall–Kier alpha value is -4.80. The van der Waals surface area contributed by atoms with Crippen molar-refractivity contribution in [2.75, 3.05) is 5.32 Å². The number of aliphatic carboxylic acids is 1. The lowest BCUT2D eigenvalue weighted by Crippen LogP contribution is -2.24. The van der Waals surface area contributed by atoms with Gasteiger partial charge in [0.25, 0.3) is 5.56 Å². The third-order valence-electron chi connectivity index (χ3n) is 6.76. The Morgan fingerprint density at radius 2 is 1.80 bits per heavy atom. The van der Waals surface area contributed by atoms with Crippen molar-refractivity contribution in [3.05, 3.63) is 75.6 Å². The Balaban J connectivity index is 0.000000617. The van der Waals surface area contributed by atoms with Crippen molar-refractivity contribution in [3.63, 3.8) is 0 Å². The van der Waals surface area contributed by atoms with Crippen LogP contribution in [0.15, 0.2) is 47.7 Å². The molecule has 244 valence electrons. The van der Waals surface area contributed by atoms with E-state index in [1.54, 1.807) is 13.0 Å². The average Bonchev–Trinajstić information content (AvgIpc) is 3.36. The van der Waals surface area contributed by atoms with E-state index in [0.29, 0.717) is 28.8 Å². The van der Waals surface area contributed by atoms with Gasteiger partial charge in [-0.05, 0) is 43.5 Å². The molecule has 0 fully saturated rings. The highest BCUT2D eigenvalue weighted by molar-refractivity contribution is 6.31. The zero-order chi connectivity index (χ0) is 33.9. The predicted molar refractivity (Wildman–Crippen MR) is 150 cm³/mol. The Labute approximate surface area is 259 Å². The van der Waals surface area contributed by atoms with Crippen molar-refractivity contribution in [2.45, 2.75) is 45.3 Å². The maximum Gasteiger partial charge on any atom is 0.490 e. The van der Waals surface area contributed by atoms with Crippen LogP contribution in [0.1, 0.15) is 38.4 Å². The van der Waals surface area contributed by atoms with Gasteiger partial charge >= 0.3 is 18.7 Å². The summed E-state index contributed by atoms with van der Waals surface area (Å²) in [4.78, 5) is 43.4.